The molecule has 2 aromatic carbocycles. The number of cyclic esters (lactones) is 2. The summed E-state index contributed by atoms with van der Waals surface area (Å²) in [6.45, 7) is 5.82. The Bertz CT molecular complexity index is 1180. The molecule has 4 saturated heterocycles. The fourth-order valence-electron chi connectivity index (χ4n) is 5.53. The number of benzene rings is 2. The molecule has 11 nitrogen and oxygen atoms in total. The van der Waals surface area contributed by atoms with Crippen molar-refractivity contribution >= 4 is 34.9 Å². The standard InChI is InChI=1S/C28H33F2N5O6/c29-23-13-19(1-3-25(23)32-5-9-38-10-6-32)34-17-21(40-27(34)36)15-31-16-22-18-35(28(37)41-22)20-2-4-26(24(30)14-20)33-7-11-39-12-8-33/h1-4,13-14,21-22,31H,5-12,15-18H2/t21-,22-/m0/s1. The summed E-state index contributed by atoms with van der Waals surface area (Å²) in [6, 6.07) is 9.49. The monoisotopic (exact) mass is 573 g/mol. The molecule has 13 heteroatoms. The number of morpholine rings is 2. The van der Waals surface area contributed by atoms with E-state index in [9.17, 15) is 18.4 Å². The summed E-state index contributed by atoms with van der Waals surface area (Å²) in [4.78, 5) is 31.7. The first-order valence-electron chi connectivity index (χ1n) is 13.9. The van der Waals surface area contributed by atoms with E-state index in [0.717, 1.165) is 0 Å². The summed E-state index contributed by atoms with van der Waals surface area (Å²) in [5.74, 6) is -0.802. The van der Waals surface area contributed by atoms with Gasteiger partial charge in [0.25, 0.3) is 0 Å². The van der Waals surface area contributed by atoms with Crippen molar-refractivity contribution in [1.82, 2.24) is 5.32 Å². The van der Waals surface area contributed by atoms with Crippen LogP contribution in [-0.2, 0) is 18.9 Å². The van der Waals surface area contributed by atoms with E-state index in [1.165, 1.54) is 21.9 Å². The third-order valence-corrected chi connectivity index (χ3v) is 7.68. The van der Waals surface area contributed by atoms with Crippen LogP contribution in [0.4, 0.5) is 41.1 Å². The lowest BCUT2D eigenvalue weighted by atomic mass is 10.2. The van der Waals surface area contributed by atoms with Crippen LogP contribution in [0.15, 0.2) is 36.4 Å². The van der Waals surface area contributed by atoms with Crippen LogP contribution in [0.2, 0.25) is 0 Å². The van der Waals surface area contributed by atoms with Gasteiger partial charge in [0.1, 0.15) is 23.8 Å². The molecule has 2 amide bonds. The van der Waals surface area contributed by atoms with Crippen molar-refractivity contribution in [3.63, 3.8) is 0 Å². The Kier molecular flexibility index (Phi) is 8.08. The molecule has 220 valence electrons. The van der Waals surface area contributed by atoms with Gasteiger partial charge in [-0.1, -0.05) is 0 Å². The minimum atomic E-state index is -0.545. The number of ether oxygens (including phenoxy) is 4. The number of anilines is 4. The van der Waals surface area contributed by atoms with Gasteiger partial charge in [-0.15, -0.1) is 0 Å². The number of nitrogens with zero attached hydrogens (tertiary/aromatic N) is 4. The fourth-order valence-corrected chi connectivity index (χ4v) is 5.53. The van der Waals surface area contributed by atoms with E-state index in [0.29, 0.717) is 88.4 Å². The van der Waals surface area contributed by atoms with Gasteiger partial charge in [-0.3, -0.25) is 9.80 Å². The second kappa shape index (κ2) is 12.0. The molecule has 41 heavy (non-hydrogen) atoms. The Labute approximate surface area is 236 Å². The molecule has 0 bridgehead atoms. The maximum Gasteiger partial charge on any atom is 0.414 e. The summed E-state index contributed by atoms with van der Waals surface area (Å²) in [5.41, 5.74) is 1.83. The normalized spacial score (nSPS) is 23.3. The highest BCUT2D eigenvalue weighted by Crippen LogP contribution is 2.30. The summed E-state index contributed by atoms with van der Waals surface area (Å²) in [5, 5.41) is 3.19. The highest BCUT2D eigenvalue weighted by Gasteiger charge is 2.35. The maximum absolute atomic E-state index is 14.9. The minimum Gasteiger partial charge on any atom is -0.443 e. The Morgan fingerprint density at radius 2 is 1.10 bits per heavy atom. The lowest BCUT2D eigenvalue weighted by molar-refractivity contribution is 0.122. The van der Waals surface area contributed by atoms with E-state index < -0.39 is 36.0 Å². The molecule has 0 aromatic heterocycles. The van der Waals surface area contributed by atoms with Crippen molar-refractivity contribution in [3.05, 3.63) is 48.0 Å². The average Bonchev–Trinajstić information content (AvgIpc) is 3.55. The molecule has 4 heterocycles. The van der Waals surface area contributed by atoms with Crippen LogP contribution in [0, 0.1) is 11.6 Å². The molecular formula is C28H33F2N5O6. The number of nitrogens with one attached hydrogen (secondary N) is 1. The molecular weight excluding hydrogens is 540 g/mol. The molecule has 0 saturated carbocycles. The molecule has 0 radical (unpaired) electrons. The van der Waals surface area contributed by atoms with Crippen LogP contribution in [-0.4, -0.2) is 103 Å². The Morgan fingerprint density at radius 3 is 1.49 bits per heavy atom. The van der Waals surface area contributed by atoms with Crippen molar-refractivity contribution < 1.29 is 37.3 Å². The Hall–Kier alpha value is -3.68. The summed E-state index contributed by atoms with van der Waals surface area (Å²) in [7, 11) is 0. The van der Waals surface area contributed by atoms with Crippen LogP contribution in [0.5, 0.6) is 0 Å². The number of rotatable bonds is 8. The average molecular weight is 574 g/mol. The Morgan fingerprint density at radius 1 is 0.683 bits per heavy atom. The predicted octanol–water partition coefficient (Wildman–Crippen LogP) is 2.58. The van der Waals surface area contributed by atoms with E-state index in [2.05, 4.69) is 5.32 Å². The first-order valence-corrected chi connectivity index (χ1v) is 13.9. The number of halogens is 2. The summed E-state index contributed by atoms with van der Waals surface area (Å²) >= 11 is 0. The molecule has 2 atom stereocenters. The number of carbonyl (C=O) groups excluding carboxylic acids is 2. The van der Waals surface area contributed by atoms with Crippen LogP contribution in [0.3, 0.4) is 0 Å². The smallest absolute Gasteiger partial charge is 0.414 e. The molecule has 0 unspecified atom stereocenters. The van der Waals surface area contributed by atoms with E-state index in [-0.39, 0.29) is 13.1 Å². The summed E-state index contributed by atoms with van der Waals surface area (Å²) < 4.78 is 51.3. The van der Waals surface area contributed by atoms with Crippen LogP contribution < -0.4 is 24.9 Å². The zero-order chi connectivity index (χ0) is 28.3. The number of amides is 2. The highest BCUT2D eigenvalue weighted by molar-refractivity contribution is 5.90. The zero-order valence-electron chi connectivity index (χ0n) is 22.6. The van der Waals surface area contributed by atoms with E-state index >= 15 is 0 Å². The quantitative estimate of drug-likeness (QED) is 0.511. The molecule has 4 fully saturated rings. The number of hydrogen-bond donors (Lipinski definition) is 1. The van der Waals surface area contributed by atoms with Gasteiger partial charge in [-0.25, -0.2) is 18.4 Å². The summed E-state index contributed by atoms with van der Waals surface area (Å²) in [6.07, 6.45) is -2.01. The van der Waals surface area contributed by atoms with E-state index in [4.69, 9.17) is 18.9 Å². The van der Waals surface area contributed by atoms with Gasteiger partial charge in [-0.2, -0.15) is 0 Å². The molecule has 4 aliphatic heterocycles. The van der Waals surface area contributed by atoms with E-state index in [1.807, 2.05) is 9.80 Å². The number of carbonyl (C=O) groups is 2. The van der Waals surface area contributed by atoms with Gasteiger partial charge in [0.05, 0.1) is 62.3 Å². The van der Waals surface area contributed by atoms with Crippen LogP contribution in [0.1, 0.15) is 0 Å². The molecule has 0 aliphatic carbocycles. The van der Waals surface area contributed by atoms with Crippen molar-refractivity contribution in [2.45, 2.75) is 12.2 Å². The third kappa shape index (κ3) is 6.02. The van der Waals surface area contributed by atoms with Crippen molar-refractivity contribution in [3.8, 4) is 0 Å². The molecule has 2 aromatic rings. The molecule has 1 N–H and O–H groups in total. The van der Waals surface area contributed by atoms with Crippen molar-refractivity contribution in [2.24, 2.45) is 0 Å². The van der Waals surface area contributed by atoms with E-state index in [1.54, 1.807) is 24.3 Å². The van der Waals surface area contributed by atoms with Crippen LogP contribution >= 0.6 is 0 Å². The second-order valence-corrected chi connectivity index (χ2v) is 10.4. The van der Waals surface area contributed by atoms with Gasteiger partial charge in [0.15, 0.2) is 0 Å². The lowest BCUT2D eigenvalue weighted by Crippen LogP contribution is -2.37. The molecule has 4 aliphatic rings. The SMILES string of the molecule is O=C1O[C@@H](CNC[C@H]2CN(c3ccc(N4CCOCC4)c(F)c3)C(=O)O2)CN1c1ccc(N2CCOCC2)c(F)c1. The minimum absolute atomic E-state index is 0.257. The first-order chi connectivity index (χ1) is 20.0. The van der Waals surface area contributed by atoms with Crippen LogP contribution in [0.25, 0.3) is 0 Å². The molecule has 6 rings (SSSR count). The third-order valence-electron chi connectivity index (χ3n) is 7.68. The zero-order valence-corrected chi connectivity index (χ0v) is 22.6. The predicted molar refractivity (Wildman–Crippen MR) is 147 cm³/mol. The molecule has 0 spiro atoms. The van der Waals surface area contributed by atoms with Gasteiger partial charge in [-0.05, 0) is 36.4 Å². The van der Waals surface area contributed by atoms with Crippen molar-refractivity contribution in [2.75, 3.05) is 98.4 Å². The Balaban J connectivity index is 0.989. The first kappa shape index (κ1) is 27.5. The fraction of sp³-hybridized carbons (Fsp3) is 0.500. The largest absolute Gasteiger partial charge is 0.443 e. The van der Waals surface area contributed by atoms with Gasteiger partial charge < -0.3 is 34.1 Å². The maximum atomic E-state index is 14.9. The lowest BCUT2D eigenvalue weighted by Gasteiger charge is -2.29. The number of hydrogen-bond acceptors (Lipinski definition) is 9. The van der Waals surface area contributed by atoms with Crippen molar-refractivity contribution in [1.29, 1.82) is 0 Å². The topological polar surface area (TPSA) is 96.1 Å². The highest BCUT2D eigenvalue weighted by atomic mass is 19.1. The van der Waals surface area contributed by atoms with Gasteiger partial charge in [0, 0.05) is 39.3 Å². The second-order valence-electron chi connectivity index (χ2n) is 10.4. The van der Waals surface area contributed by atoms with Gasteiger partial charge >= 0.3 is 12.2 Å². The van der Waals surface area contributed by atoms with Gasteiger partial charge in [0.2, 0.25) is 0 Å².